The molecule has 6 nitrogen and oxygen atoms in total. The van der Waals surface area contributed by atoms with Gasteiger partial charge in [0.15, 0.2) is 18.1 Å². The summed E-state index contributed by atoms with van der Waals surface area (Å²) >= 11 is 0. The Kier molecular flexibility index (Phi) is 6.19. The van der Waals surface area contributed by atoms with Crippen molar-refractivity contribution in [3.63, 3.8) is 0 Å². The highest BCUT2D eigenvalue weighted by Crippen LogP contribution is 2.25. The summed E-state index contributed by atoms with van der Waals surface area (Å²) in [5.74, 6) is 0.625. The lowest BCUT2D eigenvalue weighted by Crippen LogP contribution is -2.23. The molecule has 2 rings (SSSR count). The van der Waals surface area contributed by atoms with Crippen molar-refractivity contribution in [1.29, 1.82) is 0 Å². The van der Waals surface area contributed by atoms with E-state index in [4.69, 9.17) is 9.47 Å². The Labute approximate surface area is 140 Å². The maximum Gasteiger partial charge on any atom is 0.262 e. The first-order chi connectivity index (χ1) is 11.6. The molecule has 0 atom stereocenters. The summed E-state index contributed by atoms with van der Waals surface area (Å²) in [7, 11) is 1.54. The fourth-order valence-corrected chi connectivity index (χ4v) is 2.05. The van der Waals surface area contributed by atoms with Crippen molar-refractivity contribution < 1.29 is 19.1 Å². The molecular weight excluding hydrogens is 308 g/mol. The molecule has 0 radical (unpaired) electrons. The number of carbonyl (C=O) groups excluding carboxylic acids is 2. The van der Waals surface area contributed by atoms with E-state index >= 15 is 0 Å². The van der Waals surface area contributed by atoms with E-state index in [9.17, 15) is 9.59 Å². The third kappa shape index (κ3) is 4.74. The van der Waals surface area contributed by atoms with Crippen molar-refractivity contribution in [3.05, 3.63) is 54.1 Å². The summed E-state index contributed by atoms with van der Waals surface area (Å²) in [6.07, 6.45) is 0. The Hall–Kier alpha value is -3.02. The summed E-state index contributed by atoms with van der Waals surface area (Å²) in [5.41, 5.74) is 1.14. The second kappa shape index (κ2) is 8.57. The van der Waals surface area contributed by atoms with Gasteiger partial charge in [-0.05, 0) is 43.3 Å². The van der Waals surface area contributed by atoms with Gasteiger partial charge in [0.25, 0.3) is 11.8 Å². The van der Waals surface area contributed by atoms with Gasteiger partial charge >= 0.3 is 0 Å². The smallest absolute Gasteiger partial charge is 0.262 e. The van der Waals surface area contributed by atoms with E-state index in [1.807, 2.05) is 13.0 Å². The van der Waals surface area contributed by atoms with E-state index in [-0.39, 0.29) is 18.4 Å². The number of carbonyl (C=O) groups is 2. The molecule has 2 N–H and O–H groups in total. The fraction of sp³-hybridized carbons (Fsp3) is 0.222. The van der Waals surface area contributed by atoms with Crippen LogP contribution in [0.2, 0.25) is 0 Å². The van der Waals surface area contributed by atoms with Crippen LogP contribution in [0.25, 0.3) is 0 Å². The predicted octanol–water partition coefficient (Wildman–Crippen LogP) is 2.46. The third-order valence-electron chi connectivity index (χ3n) is 3.20. The average molecular weight is 328 g/mol. The first-order valence-corrected chi connectivity index (χ1v) is 7.58. The van der Waals surface area contributed by atoms with E-state index in [0.29, 0.717) is 29.3 Å². The number of ether oxygens (including phenoxy) is 2. The lowest BCUT2D eigenvalue weighted by atomic mass is 10.2. The van der Waals surface area contributed by atoms with Crippen LogP contribution in [-0.2, 0) is 4.79 Å². The van der Waals surface area contributed by atoms with E-state index in [2.05, 4.69) is 10.6 Å². The minimum Gasteiger partial charge on any atom is -0.493 e. The summed E-state index contributed by atoms with van der Waals surface area (Å²) < 4.78 is 10.6. The number of para-hydroxylation sites is 2. The van der Waals surface area contributed by atoms with E-state index in [0.717, 1.165) is 0 Å². The van der Waals surface area contributed by atoms with Crippen LogP contribution in [-0.4, -0.2) is 32.1 Å². The minimum atomic E-state index is -0.299. The van der Waals surface area contributed by atoms with E-state index in [1.165, 1.54) is 0 Å². The van der Waals surface area contributed by atoms with Gasteiger partial charge in [-0.1, -0.05) is 12.1 Å². The number of rotatable bonds is 7. The first kappa shape index (κ1) is 17.3. The minimum absolute atomic E-state index is 0.140. The summed E-state index contributed by atoms with van der Waals surface area (Å²) in [4.78, 5) is 23.6. The summed E-state index contributed by atoms with van der Waals surface area (Å²) in [6, 6.07) is 13.8. The van der Waals surface area contributed by atoms with Gasteiger partial charge in [-0.2, -0.15) is 0 Å². The second-order valence-electron chi connectivity index (χ2n) is 4.92. The molecule has 2 aromatic carbocycles. The molecule has 0 fully saturated rings. The van der Waals surface area contributed by atoms with Crippen LogP contribution in [0.3, 0.4) is 0 Å². The average Bonchev–Trinajstić information content (AvgIpc) is 2.61. The Morgan fingerprint density at radius 1 is 1.00 bits per heavy atom. The van der Waals surface area contributed by atoms with Crippen LogP contribution >= 0.6 is 0 Å². The van der Waals surface area contributed by atoms with Crippen LogP contribution in [0, 0.1) is 0 Å². The van der Waals surface area contributed by atoms with Gasteiger partial charge in [0.2, 0.25) is 0 Å². The van der Waals surface area contributed by atoms with Crippen molar-refractivity contribution in [2.45, 2.75) is 6.92 Å². The predicted molar refractivity (Wildman–Crippen MR) is 91.6 cm³/mol. The Bertz CT molecular complexity index is 698. The van der Waals surface area contributed by atoms with Gasteiger partial charge < -0.3 is 20.1 Å². The topological polar surface area (TPSA) is 76.7 Å². The molecule has 6 heteroatoms. The van der Waals surface area contributed by atoms with Crippen LogP contribution in [0.5, 0.6) is 11.5 Å². The van der Waals surface area contributed by atoms with Crippen LogP contribution in [0.1, 0.15) is 17.3 Å². The Balaban J connectivity index is 1.89. The number of benzene rings is 2. The molecule has 0 unspecified atom stereocenters. The summed E-state index contributed by atoms with van der Waals surface area (Å²) in [6.45, 7) is 2.28. The maximum absolute atomic E-state index is 12.0. The molecule has 24 heavy (non-hydrogen) atoms. The molecule has 0 aliphatic carbocycles. The van der Waals surface area contributed by atoms with Crippen molar-refractivity contribution in [1.82, 2.24) is 5.32 Å². The zero-order valence-corrected chi connectivity index (χ0v) is 13.7. The van der Waals surface area contributed by atoms with E-state index < -0.39 is 0 Å². The number of amides is 2. The van der Waals surface area contributed by atoms with Crippen molar-refractivity contribution in [3.8, 4) is 11.5 Å². The molecule has 0 saturated carbocycles. The molecule has 0 aliphatic rings. The molecular formula is C18H20N2O4. The van der Waals surface area contributed by atoms with Gasteiger partial charge in [-0.3, -0.25) is 9.59 Å². The molecule has 0 spiro atoms. The number of hydrogen-bond donors (Lipinski definition) is 2. The van der Waals surface area contributed by atoms with Gasteiger partial charge in [-0.15, -0.1) is 0 Å². The molecule has 0 heterocycles. The first-order valence-electron chi connectivity index (χ1n) is 7.58. The van der Waals surface area contributed by atoms with Gasteiger partial charge in [-0.25, -0.2) is 0 Å². The number of nitrogens with one attached hydrogen (secondary N) is 2. The molecule has 0 aliphatic heterocycles. The molecule has 0 aromatic heterocycles. The zero-order chi connectivity index (χ0) is 17.4. The third-order valence-corrected chi connectivity index (χ3v) is 3.20. The van der Waals surface area contributed by atoms with Gasteiger partial charge in [0.05, 0.1) is 7.11 Å². The lowest BCUT2D eigenvalue weighted by Gasteiger charge is -2.10. The number of methoxy groups -OCH3 is 1. The molecule has 126 valence electrons. The van der Waals surface area contributed by atoms with Crippen LogP contribution < -0.4 is 20.1 Å². The SMILES string of the molecule is CCNC(=O)c1ccc(NC(=O)COc2ccccc2OC)cc1. The summed E-state index contributed by atoms with van der Waals surface area (Å²) in [5, 5.41) is 5.42. The quantitative estimate of drug-likeness (QED) is 0.818. The molecule has 0 bridgehead atoms. The fourth-order valence-electron chi connectivity index (χ4n) is 2.05. The van der Waals surface area contributed by atoms with Crippen molar-refractivity contribution >= 4 is 17.5 Å². The zero-order valence-electron chi connectivity index (χ0n) is 13.7. The Morgan fingerprint density at radius 2 is 1.67 bits per heavy atom. The van der Waals surface area contributed by atoms with Crippen molar-refractivity contribution in [2.75, 3.05) is 25.6 Å². The van der Waals surface area contributed by atoms with E-state index in [1.54, 1.807) is 49.6 Å². The standard InChI is InChI=1S/C18H20N2O4/c1-3-19-18(22)13-8-10-14(11-9-13)20-17(21)12-24-16-7-5-4-6-15(16)23-2/h4-11H,3,12H2,1-2H3,(H,19,22)(H,20,21). The van der Waals surface area contributed by atoms with Gasteiger partial charge in [0.1, 0.15) is 0 Å². The molecule has 2 aromatic rings. The highest BCUT2D eigenvalue weighted by atomic mass is 16.5. The Morgan fingerprint density at radius 3 is 2.29 bits per heavy atom. The monoisotopic (exact) mass is 328 g/mol. The molecule has 0 saturated heterocycles. The largest absolute Gasteiger partial charge is 0.493 e. The van der Waals surface area contributed by atoms with Gasteiger partial charge in [0, 0.05) is 17.8 Å². The second-order valence-corrected chi connectivity index (χ2v) is 4.92. The number of hydrogen-bond acceptors (Lipinski definition) is 4. The highest BCUT2D eigenvalue weighted by molar-refractivity contribution is 5.96. The maximum atomic E-state index is 12.0. The molecule has 2 amide bonds. The van der Waals surface area contributed by atoms with Crippen LogP contribution in [0.15, 0.2) is 48.5 Å². The number of anilines is 1. The lowest BCUT2D eigenvalue weighted by molar-refractivity contribution is -0.118. The normalized spacial score (nSPS) is 9.92. The van der Waals surface area contributed by atoms with Crippen LogP contribution in [0.4, 0.5) is 5.69 Å². The van der Waals surface area contributed by atoms with Crippen molar-refractivity contribution in [2.24, 2.45) is 0 Å². The highest BCUT2D eigenvalue weighted by Gasteiger charge is 2.08.